The van der Waals surface area contributed by atoms with E-state index in [0.717, 1.165) is 13.1 Å². The molecular weight excluding hydrogens is 293 g/mol. The monoisotopic (exact) mass is 303 g/mol. The minimum atomic E-state index is 1.09. The second-order valence-corrected chi connectivity index (χ2v) is 0.957. The van der Waals surface area contributed by atoms with Gasteiger partial charge in [0.1, 0.15) is 0 Å². The normalized spacial score (nSPS) is 7.00. The third-order valence-electron chi connectivity index (χ3n) is 0.500. The maximum atomic E-state index is 4.61. The first kappa shape index (κ1) is 10.8. The molecule has 0 spiro atoms. The van der Waals surface area contributed by atoms with Gasteiger partial charge in [-0.3, -0.25) is 0 Å². The van der Waals surface area contributed by atoms with Crippen LogP contribution >= 0.6 is 9.42 Å². The Labute approximate surface area is 60.6 Å². The fourth-order valence-corrected chi connectivity index (χ4v) is 0.250. The van der Waals surface area contributed by atoms with Crippen LogP contribution in [-0.4, -0.2) is 13.1 Å². The van der Waals surface area contributed by atoms with Crippen LogP contribution < -0.4 is 5.32 Å². The first-order valence-corrected chi connectivity index (χ1v) is 5.06. The molecule has 0 saturated carbocycles. The van der Waals surface area contributed by atoms with E-state index in [-0.39, 0.29) is 0 Å². The Morgan fingerprint density at radius 3 is 1.57 bits per heavy atom. The van der Waals surface area contributed by atoms with E-state index < -0.39 is 0 Å². The predicted molar refractivity (Wildman–Crippen MR) is 30.1 cm³/mol. The Morgan fingerprint density at radius 1 is 1.29 bits per heavy atom. The van der Waals surface area contributed by atoms with Gasteiger partial charge in [-0.05, 0) is 13.1 Å². The number of nitrogens with one attached hydrogen (secondary N) is 1. The molecule has 0 aromatic heterocycles. The molecule has 3 heteroatoms. The Morgan fingerprint density at radius 2 is 1.57 bits per heavy atom. The van der Waals surface area contributed by atoms with E-state index in [1.165, 1.54) is 0 Å². The molecule has 0 unspecified atom stereocenters. The van der Waals surface area contributed by atoms with Crippen LogP contribution in [0.15, 0.2) is 0 Å². The van der Waals surface area contributed by atoms with Crippen LogP contribution in [0.2, 0.25) is 0 Å². The van der Waals surface area contributed by atoms with Crippen molar-refractivity contribution in [2.45, 2.75) is 13.8 Å². The van der Waals surface area contributed by atoms with Gasteiger partial charge in [0.2, 0.25) is 0 Å². The summed E-state index contributed by atoms with van der Waals surface area (Å²) in [5.74, 6) is 0. The average Bonchev–Trinajstić information content (AvgIpc) is 1.75. The average molecular weight is 304 g/mol. The van der Waals surface area contributed by atoms with Crippen LogP contribution in [-0.2, 0) is 18.8 Å². The van der Waals surface area contributed by atoms with Crippen LogP contribution in [0.3, 0.4) is 0 Å². The van der Waals surface area contributed by atoms with E-state index in [1.54, 1.807) is 18.8 Å². The van der Waals surface area contributed by atoms with Crippen LogP contribution in [0.25, 0.3) is 0 Å². The number of hydrogen-bond acceptors (Lipinski definition) is 1. The number of hydrogen-bond donors (Lipinski definition) is 1. The summed E-state index contributed by atoms with van der Waals surface area (Å²) in [6.07, 6.45) is 0. The molecular formula is C4H11ClNPt. The fraction of sp³-hybridized carbons (Fsp3) is 1.00. The second-order valence-electron chi connectivity index (χ2n) is 0.957. The van der Waals surface area contributed by atoms with Crippen molar-refractivity contribution in [1.29, 1.82) is 0 Å². The van der Waals surface area contributed by atoms with Crippen molar-refractivity contribution in [3.05, 3.63) is 0 Å². The van der Waals surface area contributed by atoms with E-state index in [0.29, 0.717) is 0 Å². The Hall–Kier alpha value is 0.938. The Bertz CT molecular complexity index is 19.2. The summed E-state index contributed by atoms with van der Waals surface area (Å²) in [5.41, 5.74) is 0. The van der Waals surface area contributed by atoms with Crippen molar-refractivity contribution in [3.63, 3.8) is 0 Å². The zero-order valence-electron chi connectivity index (χ0n) is 4.61. The SMILES string of the molecule is CCNCC.[Cl][Pt]. The van der Waals surface area contributed by atoms with Crippen molar-refractivity contribution in [1.82, 2.24) is 5.32 Å². The van der Waals surface area contributed by atoms with E-state index in [2.05, 4.69) is 28.6 Å². The molecule has 0 aliphatic heterocycles. The molecule has 7 heavy (non-hydrogen) atoms. The van der Waals surface area contributed by atoms with Crippen molar-refractivity contribution < 1.29 is 18.8 Å². The summed E-state index contributed by atoms with van der Waals surface area (Å²) in [7, 11) is 4.61. The maximum absolute atomic E-state index is 4.61. The summed E-state index contributed by atoms with van der Waals surface area (Å²) < 4.78 is 0. The molecule has 49 valence electrons. The molecule has 1 nitrogen and oxygen atoms in total. The molecule has 0 rings (SSSR count). The van der Waals surface area contributed by atoms with E-state index in [1.807, 2.05) is 0 Å². The topological polar surface area (TPSA) is 12.0 Å². The molecule has 0 saturated heterocycles. The van der Waals surface area contributed by atoms with Crippen molar-refractivity contribution >= 4 is 9.42 Å². The first-order valence-electron chi connectivity index (χ1n) is 2.24. The van der Waals surface area contributed by atoms with Crippen molar-refractivity contribution in [2.24, 2.45) is 0 Å². The van der Waals surface area contributed by atoms with Gasteiger partial charge in [-0.1, -0.05) is 13.8 Å². The van der Waals surface area contributed by atoms with Crippen molar-refractivity contribution in [3.8, 4) is 0 Å². The second kappa shape index (κ2) is 15.8. The number of rotatable bonds is 2. The molecule has 0 atom stereocenters. The molecule has 1 N–H and O–H groups in total. The van der Waals surface area contributed by atoms with Gasteiger partial charge in [-0.25, -0.2) is 0 Å². The van der Waals surface area contributed by atoms with Gasteiger partial charge in [-0.15, -0.1) is 0 Å². The van der Waals surface area contributed by atoms with Gasteiger partial charge >= 0.3 is 28.2 Å². The Balaban J connectivity index is 0. The first-order chi connectivity index (χ1) is 3.41. The summed E-state index contributed by atoms with van der Waals surface area (Å²) >= 11 is 1.61. The van der Waals surface area contributed by atoms with E-state index in [4.69, 9.17) is 0 Å². The number of halogens is 1. The van der Waals surface area contributed by atoms with Gasteiger partial charge < -0.3 is 5.32 Å². The van der Waals surface area contributed by atoms with Crippen LogP contribution in [0.4, 0.5) is 0 Å². The summed E-state index contributed by atoms with van der Waals surface area (Å²) in [6, 6.07) is 0. The van der Waals surface area contributed by atoms with Gasteiger partial charge in [0, 0.05) is 0 Å². The van der Waals surface area contributed by atoms with Gasteiger partial charge in [0.05, 0.1) is 0 Å². The molecule has 0 aliphatic rings. The molecule has 0 amide bonds. The molecule has 0 bridgehead atoms. The quantitative estimate of drug-likeness (QED) is 0.811. The van der Waals surface area contributed by atoms with Crippen LogP contribution in [0, 0.1) is 0 Å². The molecule has 0 aromatic rings. The van der Waals surface area contributed by atoms with Crippen LogP contribution in [0.5, 0.6) is 0 Å². The summed E-state index contributed by atoms with van der Waals surface area (Å²) in [5, 5.41) is 3.11. The van der Waals surface area contributed by atoms with Crippen LogP contribution in [0.1, 0.15) is 13.8 Å². The standard InChI is InChI=1S/C4H11N.ClH.Pt/c1-3-5-4-2;;/h5H,3-4H2,1-2H3;1H;/q;;+1/p-1. The molecule has 0 fully saturated rings. The minimum absolute atomic E-state index is 1.09. The predicted octanol–water partition coefficient (Wildman–Crippen LogP) is 1.30. The molecule has 0 aromatic carbocycles. The van der Waals surface area contributed by atoms with Gasteiger partial charge in [-0.2, -0.15) is 0 Å². The Kier molecular flexibility index (Phi) is 24.4. The zero-order valence-corrected chi connectivity index (χ0v) is 7.64. The van der Waals surface area contributed by atoms with Crippen molar-refractivity contribution in [2.75, 3.05) is 13.1 Å². The van der Waals surface area contributed by atoms with Gasteiger partial charge in [0.15, 0.2) is 0 Å². The third kappa shape index (κ3) is 19.6. The zero-order chi connectivity index (χ0) is 6.12. The van der Waals surface area contributed by atoms with E-state index in [9.17, 15) is 0 Å². The fourth-order valence-electron chi connectivity index (χ4n) is 0.250. The van der Waals surface area contributed by atoms with Gasteiger partial charge in [0.25, 0.3) is 0 Å². The third-order valence-corrected chi connectivity index (χ3v) is 0.500. The molecule has 0 radical (unpaired) electrons. The molecule has 0 heterocycles. The summed E-state index contributed by atoms with van der Waals surface area (Å²) in [4.78, 5) is 0. The van der Waals surface area contributed by atoms with E-state index >= 15 is 0 Å². The summed E-state index contributed by atoms with van der Waals surface area (Å²) in [6.45, 7) is 6.39. The molecule has 0 aliphatic carbocycles.